The molecule has 1 aliphatic heterocycles. The van der Waals surface area contributed by atoms with Crippen LogP contribution in [0.1, 0.15) is 35.6 Å². The van der Waals surface area contributed by atoms with Crippen LogP contribution in [0.3, 0.4) is 0 Å². The molecule has 29 heavy (non-hydrogen) atoms. The molecular weight excluding hydrogens is 416 g/mol. The molecule has 0 saturated carbocycles. The SMILES string of the molecule is Cc1cc(C2CCN(C(=O)O)CC2)cnc1COc1ccc(S(C)(=O)=O)cc1Cl. The molecule has 0 bridgehead atoms. The third kappa shape index (κ3) is 5.19. The molecule has 1 fully saturated rings. The number of halogens is 1. The number of nitrogens with zero attached hydrogens (tertiary/aromatic N) is 2. The van der Waals surface area contributed by atoms with Gasteiger partial charge in [-0.25, -0.2) is 13.2 Å². The maximum Gasteiger partial charge on any atom is 0.407 e. The number of aromatic nitrogens is 1. The van der Waals surface area contributed by atoms with Crippen LogP contribution in [0.15, 0.2) is 35.4 Å². The van der Waals surface area contributed by atoms with Crippen molar-refractivity contribution in [2.24, 2.45) is 0 Å². The summed E-state index contributed by atoms with van der Waals surface area (Å²) in [6, 6.07) is 6.45. The summed E-state index contributed by atoms with van der Waals surface area (Å²) in [6.07, 6.45) is 3.64. The third-order valence-electron chi connectivity index (χ3n) is 5.14. The van der Waals surface area contributed by atoms with Crippen molar-refractivity contribution >= 4 is 27.5 Å². The average molecular weight is 439 g/mol. The molecule has 2 aromatic rings. The first kappa shape index (κ1) is 21.4. The fourth-order valence-electron chi connectivity index (χ4n) is 3.38. The molecule has 1 amide bonds. The number of carboxylic acid groups (broad SMARTS) is 1. The molecular formula is C20H23ClN2O5S. The molecule has 0 atom stereocenters. The summed E-state index contributed by atoms with van der Waals surface area (Å²) in [4.78, 5) is 17.1. The molecule has 1 aromatic heterocycles. The van der Waals surface area contributed by atoms with Crippen molar-refractivity contribution in [2.75, 3.05) is 19.3 Å². The number of carbonyl (C=O) groups is 1. The van der Waals surface area contributed by atoms with Gasteiger partial charge in [-0.15, -0.1) is 0 Å². The second-order valence-corrected chi connectivity index (χ2v) is 9.65. The largest absolute Gasteiger partial charge is 0.486 e. The molecule has 1 N–H and O–H groups in total. The number of amides is 1. The molecule has 7 nitrogen and oxygen atoms in total. The minimum absolute atomic E-state index is 0.141. The Morgan fingerprint density at radius 3 is 2.55 bits per heavy atom. The van der Waals surface area contributed by atoms with Crippen molar-refractivity contribution in [2.45, 2.75) is 37.2 Å². The zero-order valence-electron chi connectivity index (χ0n) is 16.3. The third-order valence-corrected chi connectivity index (χ3v) is 6.55. The minimum atomic E-state index is -3.33. The zero-order chi connectivity index (χ0) is 21.2. The van der Waals surface area contributed by atoms with Crippen LogP contribution in [0.5, 0.6) is 5.75 Å². The van der Waals surface area contributed by atoms with Crippen molar-refractivity contribution in [1.82, 2.24) is 9.88 Å². The highest BCUT2D eigenvalue weighted by Crippen LogP contribution is 2.30. The second kappa shape index (κ2) is 8.59. The van der Waals surface area contributed by atoms with Gasteiger partial charge in [0.1, 0.15) is 12.4 Å². The van der Waals surface area contributed by atoms with Crippen molar-refractivity contribution < 1.29 is 23.1 Å². The van der Waals surface area contributed by atoms with Gasteiger partial charge in [-0.05, 0) is 55.0 Å². The molecule has 2 heterocycles. The molecule has 156 valence electrons. The van der Waals surface area contributed by atoms with Gasteiger partial charge in [0, 0.05) is 25.5 Å². The molecule has 3 rings (SSSR count). The maximum atomic E-state index is 11.6. The first-order chi connectivity index (χ1) is 13.6. The summed E-state index contributed by atoms with van der Waals surface area (Å²) < 4.78 is 28.9. The lowest BCUT2D eigenvalue weighted by Crippen LogP contribution is -2.36. The van der Waals surface area contributed by atoms with Gasteiger partial charge < -0.3 is 14.7 Å². The van der Waals surface area contributed by atoms with Gasteiger partial charge in [-0.1, -0.05) is 17.7 Å². The van der Waals surface area contributed by atoms with Crippen molar-refractivity contribution in [1.29, 1.82) is 0 Å². The van der Waals surface area contributed by atoms with E-state index in [-0.39, 0.29) is 16.5 Å². The lowest BCUT2D eigenvalue weighted by atomic mass is 9.90. The van der Waals surface area contributed by atoms with Gasteiger partial charge >= 0.3 is 6.09 Å². The second-order valence-electron chi connectivity index (χ2n) is 7.23. The number of ether oxygens (including phenoxy) is 1. The van der Waals surface area contributed by atoms with E-state index >= 15 is 0 Å². The predicted molar refractivity (Wildman–Crippen MR) is 109 cm³/mol. The van der Waals surface area contributed by atoms with E-state index in [0.29, 0.717) is 24.8 Å². The van der Waals surface area contributed by atoms with Gasteiger partial charge in [-0.2, -0.15) is 0 Å². The number of piperidine rings is 1. The molecule has 0 unspecified atom stereocenters. The van der Waals surface area contributed by atoms with Crippen molar-refractivity contribution in [3.05, 3.63) is 52.3 Å². The van der Waals surface area contributed by atoms with E-state index in [4.69, 9.17) is 21.4 Å². The fraction of sp³-hybridized carbons (Fsp3) is 0.400. The lowest BCUT2D eigenvalue weighted by Gasteiger charge is -2.30. The number of sulfone groups is 1. The minimum Gasteiger partial charge on any atom is -0.486 e. The number of rotatable bonds is 5. The van der Waals surface area contributed by atoms with Crippen molar-refractivity contribution in [3.8, 4) is 5.75 Å². The average Bonchev–Trinajstić information content (AvgIpc) is 2.67. The van der Waals surface area contributed by atoms with Crippen molar-refractivity contribution in [3.63, 3.8) is 0 Å². The first-order valence-corrected chi connectivity index (χ1v) is 11.5. The molecule has 1 aromatic carbocycles. The topological polar surface area (TPSA) is 96.8 Å². The molecule has 0 radical (unpaired) electrons. The van der Waals surface area contributed by atoms with E-state index in [9.17, 15) is 13.2 Å². The number of hydrogen-bond donors (Lipinski definition) is 1. The molecule has 0 spiro atoms. The summed E-state index contributed by atoms with van der Waals surface area (Å²) in [5.41, 5.74) is 2.85. The summed E-state index contributed by atoms with van der Waals surface area (Å²) >= 11 is 6.15. The smallest absolute Gasteiger partial charge is 0.407 e. The molecule has 0 aliphatic carbocycles. The number of likely N-dealkylation sites (tertiary alicyclic amines) is 1. The van der Waals surface area contributed by atoms with Crippen LogP contribution in [0.25, 0.3) is 0 Å². The summed E-state index contributed by atoms with van der Waals surface area (Å²) in [5, 5.41) is 9.29. The van der Waals surface area contributed by atoms with Crippen LogP contribution in [-0.4, -0.2) is 48.8 Å². The first-order valence-electron chi connectivity index (χ1n) is 9.21. The lowest BCUT2D eigenvalue weighted by molar-refractivity contribution is 0.132. The van der Waals surface area contributed by atoms with Crippen LogP contribution in [0.4, 0.5) is 4.79 Å². The van der Waals surface area contributed by atoms with Crippen LogP contribution in [0, 0.1) is 6.92 Å². The maximum absolute atomic E-state index is 11.6. The monoisotopic (exact) mass is 438 g/mol. The number of pyridine rings is 1. The summed E-state index contributed by atoms with van der Waals surface area (Å²) in [5.74, 6) is 0.690. The highest BCUT2D eigenvalue weighted by molar-refractivity contribution is 7.90. The fourth-order valence-corrected chi connectivity index (χ4v) is 4.33. The van der Waals surface area contributed by atoms with E-state index in [1.807, 2.05) is 13.1 Å². The van der Waals surface area contributed by atoms with Gasteiger partial charge in [0.25, 0.3) is 0 Å². The quantitative estimate of drug-likeness (QED) is 0.760. The van der Waals surface area contributed by atoms with E-state index < -0.39 is 15.9 Å². The van der Waals surface area contributed by atoms with E-state index in [0.717, 1.165) is 35.9 Å². The Balaban J connectivity index is 1.65. The van der Waals surface area contributed by atoms with Crippen LogP contribution in [0.2, 0.25) is 5.02 Å². The highest BCUT2D eigenvalue weighted by Gasteiger charge is 2.24. The van der Waals surface area contributed by atoms with Crippen LogP contribution >= 0.6 is 11.6 Å². The van der Waals surface area contributed by atoms with Gasteiger partial charge in [0.15, 0.2) is 9.84 Å². The summed E-state index contributed by atoms with van der Waals surface area (Å²) in [6.45, 7) is 3.23. The highest BCUT2D eigenvalue weighted by atomic mass is 35.5. The zero-order valence-corrected chi connectivity index (χ0v) is 17.8. The molecule has 1 saturated heterocycles. The number of hydrogen-bond acceptors (Lipinski definition) is 5. The Bertz CT molecular complexity index is 1020. The number of aryl methyl sites for hydroxylation is 1. The Hall–Kier alpha value is -2.32. The standard InChI is InChI=1S/C20H23ClN2O5S/c1-13-9-15(14-5-7-23(8-6-14)20(24)25)11-22-18(13)12-28-19-4-3-16(10-17(19)21)29(2,26)27/h3-4,9-11,14H,5-8,12H2,1-2H3,(H,24,25). The molecule has 1 aliphatic rings. The Morgan fingerprint density at radius 1 is 1.31 bits per heavy atom. The predicted octanol–water partition coefficient (Wildman–Crippen LogP) is 3.88. The van der Waals surface area contributed by atoms with E-state index in [1.165, 1.54) is 17.0 Å². The summed E-state index contributed by atoms with van der Waals surface area (Å²) in [7, 11) is -3.33. The van der Waals surface area contributed by atoms with Crippen LogP contribution in [-0.2, 0) is 16.4 Å². The Morgan fingerprint density at radius 2 is 2.00 bits per heavy atom. The van der Waals surface area contributed by atoms with E-state index in [1.54, 1.807) is 6.07 Å². The van der Waals surface area contributed by atoms with Crippen LogP contribution < -0.4 is 4.74 Å². The van der Waals surface area contributed by atoms with Gasteiger partial charge in [0.05, 0.1) is 15.6 Å². The van der Waals surface area contributed by atoms with Gasteiger partial charge in [0.2, 0.25) is 0 Å². The van der Waals surface area contributed by atoms with E-state index in [2.05, 4.69) is 11.1 Å². The van der Waals surface area contributed by atoms with Gasteiger partial charge in [-0.3, -0.25) is 4.98 Å². The normalized spacial score (nSPS) is 15.3. The number of benzene rings is 1. The Labute approximate surface area is 175 Å². The molecule has 9 heteroatoms. The Kier molecular flexibility index (Phi) is 6.33.